The second kappa shape index (κ2) is 7.49. The Bertz CT molecular complexity index is 1010. The molecule has 2 aromatic carbocycles. The molecule has 0 unspecified atom stereocenters. The van der Waals surface area contributed by atoms with Crippen molar-refractivity contribution in [2.45, 2.75) is 37.0 Å². The van der Waals surface area contributed by atoms with Crippen LogP contribution in [-0.4, -0.2) is 48.7 Å². The standard InChI is InChI=1S/C26H29NO4/c1-31-15-7-12-23(28)27-16-22-25(18-8-3-2-4-9-18)14-13-21(26(22,17-27)24(29)30)19-10-5-6-11-20(19)25/h2-6,8-11,21-22H,7,12-17H2,1H3,(H,29,30)/t21-,22-,25-,26-/m1/s1. The van der Waals surface area contributed by atoms with Gasteiger partial charge in [-0.1, -0.05) is 54.6 Å². The predicted molar refractivity (Wildman–Crippen MR) is 117 cm³/mol. The number of nitrogens with zero attached hydrogens (tertiary/aromatic N) is 1. The normalized spacial score (nSPS) is 30.7. The van der Waals surface area contributed by atoms with Gasteiger partial charge in [0.25, 0.3) is 0 Å². The number of ether oxygens (including phenoxy) is 1. The monoisotopic (exact) mass is 419 g/mol. The van der Waals surface area contributed by atoms with Crippen LogP contribution in [0.25, 0.3) is 0 Å². The number of methoxy groups -OCH3 is 1. The van der Waals surface area contributed by atoms with E-state index < -0.39 is 11.4 Å². The summed E-state index contributed by atoms with van der Waals surface area (Å²) < 4.78 is 5.10. The molecule has 4 atom stereocenters. The Morgan fingerprint density at radius 1 is 1.13 bits per heavy atom. The van der Waals surface area contributed by atoms with Gasteiger partial charge in [0.2, 0.25) is 5.91 Å². The van der Waals surface area contributed by atoms with Crippen LogP contribution in [0.2, 0.25) is 0 Å². The smallest absolute Gasteiger partial charge is 0.312 e. The fraction of sp³-hybridized carbons (Fsp3) is 0.462. The Morgan fingerprint density at radius 3 is 2.61 bits per heavy atom. The number of likely N-dealkylation sites (tertiary alicyclic amines) is 1. The Labute approximate surface area is 183 Å². The molecule has 1 amide bonds. The summed E-state index contributed by atoms with van der Waals surface area (Å²) >= 11 is 0. The molecule has 2 aromatic rings. The van der Waals surface area contributed by atoms with E-state index in [-0.39, 0.29) is 23.2 Å². The van der Waals surface area contributed by atoms with E-state index in [1.807, 2.05) is 29.2 Å². The summed E-state index contributed by atoms with van der Waals surface area (Å²) in [4.78, 5) is 27.9. The van der Waals surface area contributed by atoms with Gasteiger partial charge in [0.15, 0.2) is 0 Å². The van der Waals surface area contributed by atoms with Gasteiger partial charge in [-0.25, -0.2) is 0 Å². The highest BCUT2D eigenvalue weighted by molar-refractivity contribution is 5.84. The molecule has 1 aliphatic heterocycles. The molecule has 1 heterocycles. The number of fused-ring (bicyclic) bond motifs is 1. The summed E-state index contributed by atoms with van der Waals surface area (Å²) in [5, 5.41) is 10.7. The van der Waals surface area contributed by atoms with Crippen LogP contribution in [0.3, 0.4) is 0 Å². The van der Waals surface area contributed by atoms with Crippen LogP contribution in [0.1, 0.15) is 48.3 Å². The van der Waals surface area contributed by atoms with Crippen LogP contribution < -0.4 is 0 Å². The third kappa shape index (κ3) is 2.72. The van der Waals surface area contributed by atoms with Crippen molar-refractivity contribution in [3.63, 3.8) is 0 Å². The largest absolute Gasteiger partial charge is 0.481 e. The molecule has 162 valence electrons. The van der Waals surface area contributed by atoms with E-state index in [9.17, 15) is 14.7 Å². The number of benzene rings is 2. The van der Waals surface area contributed by atoms with Crippen molar-refractivity contribution in [3.8, 4) is 0 Å². The number of carboxylic acids is 1. The zero-order valence-electron chi connectivity index (χ0n) is 17.9. The average molecular weight is 420 g/mol. The van der Waals surface area contributed by atoms with Gasteiger partial charge in [-0.3, -0.25) is 9.59 Å². The van der Waals surface area contributed by atoms with Crippen LogP contribution in [0.4, 0.5) is 0 Å². The van der Waals surface area contributed by atoms with E-state index in [0.29, 0.717) is 32.5 Å². The van der Waals surface area contributed by atoms with Gasteiger partial charge in [0.1, 0.15) is 0 Å². The predicted octanol–water partition coefficient (Wildman–Crippen LogP) is 3.82. The molecule has 2 fully saturated rings. The summed E-state index contributed by atoms with van der Waals surface area (Å²) in [6.45, 7) is 1.33. The fourth-order valence-electron chi connectivity index (χ4n) is 6.91. The molecule has 0 aromatic heterocycles. The van der Waals surface area contributed by atoms with Crippen LogP contribution in [0.15, 0.2) is 54.6 Å². The molecule has 0 radical (unpaired) electrons. The lowest BCUT2D eigenvalue weighted by Crippen LogP contribution is -2.60. The van der Waals surface area contributed by atoms with E-state index in [4.69, 9.17) is 4.74 Å². The van der Waals surface area contributed by atoms with E-state index in [1.165, 1.54) is 11.1 Å². The Hall–Kier alpha value is -2.66. The van der Waals surface area contributed by atoms with E-state index in [1.54, 1.807) is 7.11 Å². The number of rotatable bonds is 6. The molecule has 3 aliphatic carbocycles. The number of carbonyl (C=O) groups excluding carboxylic acids is 1. The van der Waals surface area contributed by atoms with Gasteiger partial charge in [-0.05, 0) is 36.0 Å². The second-order valence-electron chi connectivity index (χ2n) is 9.28. The summed E-state index contributed by atoms with van der Waals surface area (Å²) in [5.74, 6) is -0.920. The van der Waals surface area contributed by atoms with E-state index in [0.717, 1.165) is 18.4 Å². The molecule has 2 bridgehead atoms. The molecule has 6 rings (SSSR count). The molecule has 5 nitrogen and oxygen atoms in total. The van der Waals surface area contributed by atoms with Crippen molar-refractivity contribution >= 4 is 11.9 Å². The van der Waals surface area contributed by atoms with Crippen LogP contribution in [0.5, 0.6) is 0 Å². The Kier molecular flexibility index (Phi) is 4.89. The maximum Gasteiger partial charge on any atom is 0.312 e. The summed E-state index contributed by atoms with van der Waals surface area (Å²) in [7, 11) is 1.63. The molecule has 1 N–H and O–H groups in total. The maximum absolute atomic E-state index is 13.1. The quantitative estimate of drug-likeness (QED) is 0.723. The Balaban J connectivity index is 1.65. The number of hydrogen-bond donors (Lipinski definition) is 1. The molecular weight excluding hydrogens is 390 g/mol. The van der Waals surface area contributed by atoms with Gasteiger partial charge in [0.05, 0.1) is 5.41 Å². The molecule has 0 spiro atoms. The maximum atomic E-state index is 13.1. The van der Waals surface area contributed by atoms with Crippen molar-refractivity contribution in [2.24, 2.45) is 11.3 Å². The summed E-state index contributed by atoms with van der Waals surface area (Å²) in [6, 6.07) is 18.7. The number of carbonyl (C=O) groups is 2. The molecular formula is C26H29NO4. The van der Waals surface area contributed by atoms with Crippen molar-refractivity contribution < 1.29 is 19.4 Å². The minimum absolute atomic E-state index is 0.0405. The minimum atomic E-state index is -0.945. The van der Waals surface area contributed by atoms with Gasteiger partial charge in [-0.2, -0.15) is 0 Å². The number of aliphatic carboxylic acids is 1. The van der Waals surface area contributed by atoms with Crippen LogP contribution in [0, 0.1) is 11.3 Å². The first-order valence-corrected chi connectivity index (χ1v) is 11.2. The number of hydrogen-bond acceptors (Lipinski definition) is 3. The third-order valence-corrected chi connectivity index (χ3v) is 8.12. The first kappa shape index (κ1) is 20.3. The topological polar surface area (TPSA) is 66.8 Å². The van der Waals surface area contributed by atoms with Crippen LogP contribution in [-0.2, 0) is 19.7 Å². The van der Waals surface area contributed by atoms with Gasteiger partial charge < -0.3 is 14.7 Å². The summed E-state index contributed by atoms with van der Waals surface area (Å²) in [5.41, 5.74) is 2.26. The number of carboxylic acid groups (broad SMARTS) is 1. The average Bonchev–Trinajstić information content (AvgIpc) is 3.24. The van der Waals surface area contributed by atoms with Gasteiger partial charge >= 0.3 is 5.97 Å². The van der Waals surface area contributed by atoms with Gasteiger partial charge in [0, 0.05) is 50.5 Å². The lowest BCUT2D eigenvalue weighted by atomic mass is 9.42. The van der Waals surface area contributed by atoms with E-state index >= 15 is 0 Å². The SMILES string of the molecule is COCCCC(=O)N1C[C@@H]2[C@@]3(c4ccccc4)CC[C@H](c4ccccc43)[C@]2(C(=O)O)C1. The van der Waals surface area contributed by atoms with Crippen molar-refractivity contribution in [1.82, 2.24) is 4.90 Å². The highest BCUT2D eigenvalue weighted by Gasteiger charge is 2.70. The highest BCUT2D eigenvalue weighted by Crippen LogP contribution is 2.68. The van der Waals surface area contributed by atoms with E-state index in [2.05, 4.69) is 30.3 Å². The summed E-state index contributed by atoms with van der Waals surface area (Å²) in [6.07, 6.45) is 2.81. The van der Waals surface area contributed by atoms with Crippen LogP contribution >= 0.6 is 0 Å². The third-order valence-electron chi connectivity index (χ3n) is 8.12. The highest BCUT2D eigenvalue weighted by atomic mass is 16.5. The minimum Gasteiger partial charge on any atom is -0.481 e. The fourth-order valence-corrected chi connectivity index (χ4v) is 6.91. The molecule has 1 saturated carbocycles. The van der Waals surface area contributed by atoms with Crippen molar-refractivity contribution in [2.75, 3.05) is 26.8 Å². The molecule has 1 saturated heterocycles. The zero-order chi connectivity index (χ0) is 21.6. The van der Waals surface area contributed by atoms with Crippen molar-refractivity contribution in [1.29, 1.82) is 0 Å². The zero-order valence-corrected chi connectivity index (χ0v) is 17.9. The molecule has 5 heteroatoms. The first-order chi connectivity index (χ1) is 15.1. The molecule has 4 aliphatic rings. The molecule has 31 heavy (non-hydrogen) atoms. The number of amides is 1. The van der Waals surface area contributed by atoms with Gasteiger partial charge in [-0.15, -0.1) is 0 Å². The Morgan fingerprint density at radius 2 is 1.87 bits per heavy atom. The lowest BCUT2D eigenvalue weighted by Gasteiger charge is -2.59. The first-order valence-electron chi connectivity index (χ1n) is 11.2. The second-order valence-corrected chi connectivity index (χ2v) is 9.28. The van der Waals surface area contributed by atoms with Crippen molar-refractivity contribution in [3.05, 3.63) is 71.3 Å². The lowest BCUT2D eigenvalue weighted by molar-refractivity contribution is -0.157.